The molecule has 1 aliphatic heterocycles. The first kappa shape index (κ1) is 17.0. The Balaban J connectivity index is 1.74. The summed E-state index contributed by atoms with van der Waals surface area (Å²) in [5, 5.41) is 4.76. The van der Waals surface area contributed by atoms with Crippen molar-refractivity contribution in [2.45, 2.75) is 39.4 Å². The van der Waals surface area contributed by atoms with Crippen molar-refractivity contribution in [2.24, 2.45) is 0 Å². The van der Waals surface area contributed by atoms with Gasteiger partial charge < -0.3 is 9.47 Å². The summed E-state index contributed by atoms with van der Waals surface area (Å²) in [5.74, 6) is 1.25. The molecule has 24 heavy (non-hydrogen) atoms. The van der Waals surface area contributed by atoms with Crippen molar-refractivity contribution in [3.63, 3.8) is 0 Å². The van der Waals surface area contributed by atoms with Gasteiger partial charge >= 0.3 is 0 Å². The normalized spacial score (nSPS) is 17.7. The number of ether oxygens (including phenoxy) is 2. The Morgan fingerprint density at radius 2 is 2.00 bits per heavy atom. The first-order chi connectivity index (χ1) is 11.7. The van der Waals surface area contributed by atoms with E-state index in [2.05, 4.69) is 30.2 Å². The molecule has 0 N–H and O–H groups in total. The smallest absolute Gasteiger partial charge is 0.118 e. The number of fused-ring (bicyclic) bond motifs is 1. The van der Waals surface area contributed by atoms with E-state index in [0.29, 0.717) is 5.92 Å². The van der Waals surface area contributed by atoms with Crippen LogP contribution >= 0.6 is 0 Å². The summed E-state index contributed by atoms with van der Waals surface area (Å²) in [6.07, 6.45) is 2.19. The van der Waals surface area contributed by atoms with Gasteiger partial charge in [0.1, 0.15) is 5.75 Å². The Labute approximate surface area is 144 Å². The maximum Gasteiger partial charge on any atom is 0.118 e. The van der Waals surface area contributed by atoms with E-state index in [-0.39, 0.29) is 0 Å². The number of benzene rings is 1. The highest BCUT2D eigenvalue weighted by Gasteiger charge is 2.28. The van der Waals surface area contributed by atoms with Crippen LogP contribution in [0.1, 0.15) is 36.6 Å². The van der Waals surface area contributed by atoms with Gasteiger partial charge in [-0.2, -0.15) is 5.10 Å². The van der Waals surface area contributed by atoms with Crippen LogP contribution in [0.4, 0.5) is 0 Å². The van der Waals surface area contributed by atoms with Crippen LogP contribution in [0.5, 0.6) is 5.75 Å². The molecule has 0 saturated carbocycles. The molecule has 0 radical (unpaired) electrons. The maximum atomic E-state index is 5.71. The Kier molecular flexibility index (Phi) is 5.53. The van der Waals surface area contributed by atoms with Crippen LogP contribution in [0.25, 0.3) is 0 Å². The number of hydrogen-bond donors (Lipinski definition) is 0. The van der Waals surface area contributed by atoms with Gasteiger partial charge in [-0.15, -0.1) is 0 Å². The first-order valence-electron chi connectivity index (χ1n) is 8.72. The van der Waals surface area contributed by atoms with Crippen LogP contribution in [-0.2, 0) is 24.4 Å². The molecule has 0 spiro atoms. The van der Waals surface area contributed by atoms with Gasteiger partial charge in [0, 0.05) is 50.5 Å². The SMILES string of the molecule is CCOCC1CN(Cc2ccc(OC)cc2)Cc2cn(CC)nc21. The van der Waals surface area contributed by atoms with E-state index in [1.807, 2.05) is 23.7 Å². The van der Waals surface area contributed by atoms with Gasteiger partial charge in [-0.1, -0.05) is 12.1 Å². The summed E-state index contributed by atoms with van der Waals surface area (Å²) in [6, 6.07) is 8.33. The van der Waals surface area contributed by atoms with Crippen LogP contribution < -0.4 is 4.74 Å². The molecule has 3 rings (SSSR count). The molecule has 130 valence electrons. The van der Waals surface area contributed by atoms with Crippen LogP contribution in [0.15, 0.2) is 30.5 Å². The monoisotopic (exact) mass is 329 g/mol. The molecular formula is C19H27N3O2. The lowest BCUT2D eigenvalue weighted by atomic mass is 9.97. The second-order valence-electron chi connectivity index (χ2n) is 6.27. The van der Waals surface area contributed by atoms with E-state index >= 15 is 0 Å². The van der Waals surface area contributed by atoms with Crippen molar-refractivity contribution >= 4 is 0 Å². The number of hydrogen-bond acceptors (Lipinski definition) is 4. The number of rotatable bonds is 7. The fourth-order valence-corrected chi connectivity index (χ4v) is 3.31. The first-order valence-corrected chi connectivity index (χ1v) is 8.72. The van der Waals surface area contributed by atoms with Gasteiger partial charge in [0.2, 0.25) is 0 Å². The van der Waals surface area contributed by atoms with Crippen LogP contribution in [0, 0.1) is 0 Å². The molecular weight excluding hydrogens is 302 g/mol. The average Bonchev–Trinajstić information content (AvgIpc) is 3.03. The molecule has 1 atom stereocenters. The fraction of sp³-hybridized carbons (Fsp3) is 0.526. The lowest BCUT2D eigenvalue weighted by Crippen LogP contribution is -2.34. The average molecular weight is 329 g/mol. The van der Waals surface area contributed by atoms with Crippen molar-refractivity contribution in [3.8, 4) is 5.75 Å². The second kappa shape index (κ2) is 7.81. The highest BCUT2D eigenvalue weighted by molar-refractivity contribution is 5.28. The second-order valence-corrected chi connectivity index (χ2v) is 6.27. The minimum atomic E-state index is 0.347. The van der Waals surface area contributed by atoms with Crippen molar-refractivity contribution in [3.05, 3.63) is 47.3 Å². The summed E-state index contributed by atoms with van der Waals surface area (Å²) in [7, 11) is 1.70. The Morgan fingerprint density at radius 1 is 1.21 bits per heavy atom. The molecule has 5 heteroatoms. The molecule has 2 heterocycles. The van der Waals surface area contributed by atoms with E-state index in [1.54, 1.807) is 7.11 Å². The van der Waals surface area contributed by atoms with Crippen molar-refractivity contribution in [1.82, 2.24) is 14.7 Å². The maximum absolute atomic E-state index is 5.71. The summed E-state index contributed by atoms with van der Waals surface area (Å²) >= 11 is 0. The number of nitrogens with zero attached hydrogens (tertiary/aromatic N) is 3. The number of aromatic nitrogens is 2. The third-order valence-electron chi connectivity index (χ3n) is 4.54. The zero-order valence-electron chi connectivity index (χ0n) is 14.9. The quantitative estimate of drug-likeness (QED) is 0.783. The predicted octanol–water partition coefficient (Wildman–Crippen LogP) is 3.05. The summed E-state index contributed by atoms with van der Waals surface area (Å²) in [4.78, 5) is 2.48. The van der Waals surface area contributed by atoms with Gasteiger partial charge in [-0.05, 0) is 31.5 Å². The van der Waals surface area contributed by atoms with E-state index in [1.165, 1.54) is 16.8 Å². The molecule has 1 aromatic carbocycles. The Bertz CT molecular complexity index is 651. The summed E-state index contributed by atoms with van der Waals surface area (Å²) < 4.78 is 13.0. The standard InChI is InChI=1S/C19H27N3O2/c1-4-22-13-16-11-21(10-15-6-8-18(23-3)9-7-15)12-17(14-24-5-2)19(16)20-22/h6-9,13,17H,4-5,10-12,14H2,1-3H3. The summed E-state index contributed by atoms with van der Waals surface area (Å²) in [6.45, 7) is 9.44. The Morgan fingerprint density at radius 3 is 2.67 bits per heavy atom. The zero-order chi connectivity index (χ0) is 16.9. The third kappa shape index (κ3) is 3.79. The topological polar surface area (TPSA) is 39.5 Å². The molecule has 1 unspecified atom stereocenters. The zero-order valence-corrected chi connectivity index (χ0v) is 14.9. The van der Waals surface area contributed by atoms with Crippen molar-refractivity contribution in [2.75, 3.05) is 26.9 Å². The molecule has 0 bridgehead atoms. The predicted molar refractivity (Wildman–Crippen MR) is 94.2 cm³/mol. The van der Waals surface area contributed by atoms with Crippen LogP contribution in [0.2, 0.25) is 0 Å². The van der Waals surface area contributed by atoms with Gasteiger partial charge in [0.05, 0.1) is 19.4 Å². The van der Waals surface area contributed by atoms with E-state index in [0.717, 1.165) is 45.1 Å². The molecule has 5 nitrogen and oxygen atoms in total. The molecule has 0 aliphatic carbocycles. The fourth-order valence-electron chi connectivity index (χ4n) is 3.31. The van der Waals surface area contributed by atoms with E-state index in [4.69, 9.17) is 14.6 Å². The van der Waals surface area contributed by atoms with E-state index < -0.39 is 0 Å². The van der Waals surface area contributed by atoms with Gasteiger partial charge in [-0.25, -0.2) is 0 Å². The van der Waals surface area contributed by atoms with Gasteiger partial charge in [0.15, 0.2) is 0 Å². The number of aryl methyl sites for hydroxylation is 1. The van der Waals surface area contributed by atoms with E-state index in [9.17, 15) is 0 Å². The van der Waals surface area contributed by atoms with Gasteiger partial charge in [-0.3, -0.25) is 9.58 Å². The molecule has 1 aromatic heterocycles. The molecule has 2 aromatic rings. The lowest BCUT2D eigenvalue weighted by Gasteiger charge is -2.31. The molecule has 0 saturated heterocycles. The third-order valence-corrected chi connectivity index (χ3v) is 4.54. The highest BCUT2D eigenvalue weighted by Crippen LogP contribution is 2.28. The number of methoxy groups -OCH3 is 1. The Hall–Kier alpha value is -1.85. The van der Waals surface area contributed by atoms with Crippen LogP contribution in [-0.4, -0.2) is 41.5 Å². The van der Waals surface area contributed by atoms with Gasteiger partial charge in [0.25, 0.3) is 0 Å². The van der Waals surface area contributed by atoms with Crippen LogP contribution in [0.3, 0.4) is 0 Å². The largest absolute Gasteiger partial charge is 0.497 e. The minimum Gasteiger partial charge on any atom is -0.497 e. The molecule has 1 aliphatic rings. The molecule has 0 fully saturated rings. The van der Waals surface area contributed by atoms with Crippen molar-refractivity contribution < 1.29 is 9.47 Å². The summed E-state index contributed by atoms with van der Waals surface area (Å²) in [5.41, 5.74) is 3.86. The van der Waals surface area contributed by atoms with Crippen molar-refractivity contribution in [1.29, 1.82) is 0 Å². The lowest BCUT2D eigenvalue weighted by molar-refractivity contribution is 0.104. The molecule has 0 amide bonds. The minimum absolute atomic E-state index is 0.347. The highest BCUT2D eigenvalue weighted by atomic mass is 16.5.